The number of amides is 1. The van der Waals surface area contributed by atoms with E-state index in [1.165, 1.54) is 6.42 Å². The highest BCUT2D eigenvalue weighted by Gasteiger charge is 2.28. The number of nitrogens with zero attached hydrogens (tertiary/aromatic N) is 1. The molecule has 0 aromatic heterocycles. The summed E-state index contributed by atoms with van der Waals surface area (Å²) in [6, 6.07) is 8.19. The fourth-order valence-electron chi connectivity index (χ4n) is 2.69. The van der Waals surface area contributed by atoms with Crippen LogP contribution in [0.25, 0.3) is 0 Å². The molecule has 0 radical (unpaired) electrons. The molecule has 112 valence electrons. The number of halogens is 2. The van der Waals surface area contributed by atoms with Crippen LogP contribution in [0, 0.1) is 0 Å². The van der Waals surface area contributed by atoms with Crippen molar-refractivity contribution in [2.24, 2.45) is 5.73 Å². The van der Waals surface area contributed by atoms with Gasteiger partial charge in [0.05, 0.1) is 6.42 Å². The summed E-state index contributed by atoms with van der Waals surface area (Å²) in [5.74, 6) is 0.198. The number of carbonyl (C=O) groups excluding carboxylic acids is 1. The number of likely N-dealkylation sites (tertiary alicyclic amines) is 1. The first-order valence-corrected chi connectivity index (χ1v) is 7.66. The van der Waals surface area contributed by atoms with E-state index in [-0.39, 0.29) is 30.4 Å². The average Bonchev–Trinajstić information content (AvgIpc) is 2.41. The minimum absolute atomic E-state index is 0. The van der Waals surface area contributed by atoms with Gasteiger partial charge in [-0.25, -0.2) is 0 Å². The first kappa shape index (κ1) is 17.5. The zero-order valence-electron chi connectivity index (χ0n) is 11.7. The molecule has 1 amide bonds. The lowest BCUT2D eigenvalue weighted by Gasteiger charge is -2.38. The third-order valence-electron chi connectivity index (χ3n) is 3.75. The fraction of sp³-hybridized carbons (Fsp3) is 0.533. The monoisotopic (exact) mass is 360 g/mol. The van der Waals surface area contributed by atoms with Crippen molar-refractivity contribution in [2.75, 3.05) is 6.54 Å². The number of benzene rings is 1. The van der Waals surface area contributed by atoms with Crippen molar-refractivity contribution < 1.29 is 4.79 Å². The van der Waals surface area contributed by atoms with E-state index in [9.17, 15) is 4.79 Å². The molecule has 1 aromatic carbocycles. The van der Waals surface area contributed by atoms with Gasteiger partial charge in [-0.05, 0) is 43.9 Å². The average molecular weight is 362 g/mol. The van der Waals surface area contributed by atoms with Crippen LogP contribution in [0.15, 0.2) is 28.7 Å². The summed E-state index contributed by atoms with van der Waals surface area (Å²) in [6.45, 7) is 2.84. The molecule has 0 aliphatic carbocycles. The highest BCUT2D eigenvalue weighted by molar-refractivity contribution is 9.10. The number of piperidine rings is 1. The first-order chi connectivity index (χ1) is 9.08. The lowest BCUT2D eigenvalue weighted by atomic mass is 9.96. The Balaban J connectivity index is 0.00000200. The van der Waals surface area contributed by atoms with Crippen molar-refractivity contribution in [3.63, 3.8) is 0 Å². The fourth-order valence-corrected chi connectivity index (χ4v) is 2.96. The highest BCUT2D eigenvalue weighted by Crippen LogP contribution is 2.20. The summed E-state index contributed by atoms with van der Waals surface area (Å²) in [5.41, 5.74) is 7.07. The van der Waals surface area contributed by atoms with Gasteiger partial charge >= 0.3 is 0 Å². The molecule has 1 aliphatic heterocycles. The first-order valence-electron chi connectivity index (χ1n) is 6.87. The second kappa shape index (κ2) is 8.01. The molecule has 2 atom stereocenters. The van der Waals surface area contributed by atoms with Crippen molar-refractivity contribution in [2.45, 2.75) is 44.7 Å². The summed E-state index contributed by atoms with van der Waals surface area (Å²) >= 11 is 3.41. The van der Waals surface area contributed by atoms with E-state index in [4.69, 9.17) is 5.73 Å². The maximum Gasteiger partial charge on any atom is 0.227 e. The topological polar surface area (TPSA) is 46.3 Å². The Labute approximate surface area is 135 Å². The summed E-state index contributed by atoms with van der Waals surface area (Å²) < 4.78 is 1.04. The van der Waals surface area contributed by atoms with Crippen LogP contribution < -0.4 is 5.73 Å². The Morgan fingerprint density at radius 2 is 2.05 bits per heavy atom. The van der Waals surface area contributed by atoms with E-state index in [1.54, 1.807) is 0 Å². The molecule has 0 saturated carbocycles. The summed E-state index contributed by atoms with van der Waals surface area (Å²) in [6.07, 6.45) is 3.77. The SMILES string of the molecule is CC(N)C1CCCCN1C(=O)Cc1ccc(Br)cc1.Cl. The third-order valence-corrected chi connectivity index (χ3v) is 4.27. The van der Waals surface area contributed by atoms with Gasteiger partial charge < -0.3 is 10.6 Å². The van der Waals surface area contributed by atoms with Crippen LogP contribution in [0.2, 0.25) is 0 Å². The van der Waals surface area contributed by atoms with Crippen molar-refractivity contribution >= 4 is 34.2 Å². The Hall–Kier alpha value is -0.580. The van der Waals surface area contributed by atoms with E-state index >= 15 is 0 Å². The van der Waals surface area contributed by atoms with E-state index in [0.717, 1.165) is 29.4 Å². The Bertz CT molecular complexity index is 436. The maximum absolute atomic E-state index is 12.4. The highest BCUT2D eigenvalue weighted by atomic mass is 79.9. The van der Waals surface area contributed by atoms with E-state index in [1.807, 2.05) is 36.1 Å². The molecule has 5 heteroatoms. The minimum Gasteiger partial charge on any atom is -0.338 e. The van der Waals surface area contributed by atoms with Gasteiger partial charge in [-0.3, -0.25) is 4.79 Å². The summed E-state index contributed by atoms with van der Waals surface area (Å²) in [5, 5.41) is 0. The number of hydrogen-bond acceptors (Lipinski definition) is 2. The second-order valence-electron chi connectivity index (χ2n) is 5.31. The molecule has 3 nitrogen and oxygen atoms in total. The Morgan fingerprint density at radius 1 is 1.40 bits per heavy atom. The van der Waals surface area contributed by atoms with Gasteiger partial charge in [-0.15, -0.1) is 12.4 Å². The zero-order chi connectivity index (χ0) is 13.8. The van der Waals surface area contributed by atoms with Crippen molar-refractivity contribution in [3.05, 3.63) is 34.3 Å². The lowest BCUT2D eigenvalue weighted by molar-refractivity contribution is -0.134. The third kappa shape index (κ3) is 4.47. The molecule has 1 saturated heterocycles. The molecule has 20 heavy (non-hydrogen) atoms. The van der Waals surface area contributed by atoms with Gasteiger partial charge in [-0.2, -0.15) is 0 Å². The molecule has 0 bridgehead atoms. The molecule has 2 N–H and O–H groups in total. The summed E-state index contributed by atoms with van der Waals surface area (Å²) in [4.78, 5) is 14.4. The van der Waals surface area contributed by atoms with Crippen LogP contribution in [0.3, 0.4) is 0 Å². The predicted octanol–water partition coefficient (Wildman–Crippen LogP) is 3.14. The van der Waals surface area contributed by atoms with Crippen molar-refractivity contribution in [3.8, 4) is 0 Å². The minimum atomic E-state index is 0. The van der Waals surface area contributed by atoms with E-state index < -0.39 is 0 Å². The predicted molar refractivity (Wildman–Crippen MR) is 88.1 cm³/mol. The van der Waals surface area contributed by atoms with Gasteiger partial charge in [0.2, 0.25) is 5.91 Å². The van der Waals surface area contributed by atoms with Gasteiger partial charge in [0.1, 0.15) is 0 Å². The van der Waals surface area contributed by atoms with Crippen LogP contribution in [0.4, 0.5) is 0 Å². The molecular formula is C15H22BrClN2O. The molecule has 1 aromatic rings. The maximum atomic E-state index is 12.4. The smallest absolute Gasteiger partial charge is 0.227 e. The van der Waals surface area contributed by atoms with Gasteiger partial charge in [0.25, 0.3) is 0 Å². The summed E-state index contributed by atoms with van der Waals surface area (Å²) in [7, 11) is 0. The van der Waals surface area contributed by atoms with Gasteiger partial charge in [-0.1, -0.05) is 28.1 Å². The van der Waals surface area contributed by atoms with Crippen LogP contribution >= 0.6 is 28.3 Å². The van der Waals surface area contributed by atoms with Crippen LogP contribution in [-0.2, 0) is 11.2 Å². The molecule has 1 heterocycles. The molecule has 1 fully saturated rings. The largest absolute Gasteiger partial charge is 0.338 e. The van der Waals surface area contributed by atoms with Crippen molar-refractivity contribution in [1.29, 1.82) is 0 Å². The van der Waals surface area contributed by atoms with Crippen LogP contribution in [0.5, 0.6) is 0 Å². The standard InChI is InChI=1S/C15H21BrN2O.ClH/c1-11(17)14-4-2-3-9-18(14)15(19)10-12-5-7-13(16)8-6-12;/h5-8,11,14H,2-4,9-10,17H2,1H3;1H. The zero-order valence-corrected chi connectivity index (χ0v) is 14.1. The quantitative estimate of drug-likeness (QED) is 0.899. The normalized spacial score (nSPS) is 20.1. The van der Waals surface area contributed by atoms with Gasteiger partial charge in [0, 0.05) is 23.1 Å². The number of rotatable bonds is 3. The van der Waals surface area contributed by atoms with Crippen molar-refractivity contribution in [1.82, 2.24) is 4.90 Å². The van der Waals surface area contributed by atoms with Crippen LogP contribution in [-0.4, -0.2) is 29.4 Å². The number of hydrogen-bond donors (Lipinski definition) is 1. The van der Waals surface area contributed by atoms with Crippen LogP contribution in [0.1, 0.15) is 31.7 Å². The Morgan fingerprint density at radius 3 is 2.65 bits per heavy atom. The van der Waals surface area contributed by atoms with E-state index in [0.29, 0.717) is 6.42 Å². The molecule has 2 rings (SSSR count). The molecule has 0 spiro atoms. The molecule has 2 unspecified atom stereocenters. The number of nitrogens with two attached hydrogens (primary N) is 1. The Kier molecular flexibility index (Phi) is 7.00. The van der Waals surface area contributed by atoms with Gasteiger partial charge in [0.15, 0.2) is 0 Å². The van der Waals surface area contributed by atoms with E-state index in [2.05, 4.69) is 15.9 Å². The molecular weight excluding hydrogens is 340 g/mol. The second-order valence-corrected chi connectivity index (χ2v) is 6.23. The molecule has 1 aliphatic rings. The lowest BCUT2D eigenvalue weighted by Crippen LogP contribution is -2.52. The number of carbonyl (C=O) groups is 1.